The van der Waals surface area contributed by atoms with Gasteiger partial charge in [0.15, 0.2) is 0 Å². The van der Waals surface area contributed by atoms with E-state index in [0.29, 0.717) is 13.1 Å². The predicted molar refractivity (Wildman–Crippen MR) is 80.1 cm³/mol. The second kappa shape index (κ2) is 8.71. The molecule has 5 nitrogen and oxygen atoms in total. The molecule has 0 aliphatic carbocycles. The van der Waals surface area contributed by atoms with Crippen molar-refractivity contribution in [3.8, 4) is 0 Å². The van der Waals surface area contributed by atoms with Crippen molar-refractivity contribution in [3.63, 3.8) is 0 Å². The number of rotatable bonds is 4. The fourth-order valence-corrected chi connectivity index (χ4v) is 2.54. The van der Waals surface area contributed by atoms with Crippen molar-refractivity contribution in [2.75, 3.05) is 6.54 Å². The van der Waals surface area contributed by atoms with Gasteiger partial charge >= 0.3 is 0 Å². The van der Waals surface area contributed by atoms with E-state index in [2.05, 4.69) is 10.3 Å². The molecule has 3 N–H and O–H groups in total. The molecular weight excluding hydrogens is 309 g/mol. The second-order valence-corrected chi connectivity index (χ2v) is 5.10. The number of nitrogens with zero attached hydrogens (tertiary/aromatic N) is 1. The Morgan fingerprint density at radius 1 is 1.58 bits per heavy atom. The summed E-state index contributed by atoms with van der Waals surface area (Å²) < 4.78 is 5.51. The average Bonchev–Trinajstić information content (AvgIpc) is 2.94. The van der Waals surface area contributed by atoms with Gasteiger partial charge in [-0.2, -0.15) is 0 Å². The molecular formula is C11H19Cl2N3O2S. The smallest absolute Gasteiger partial charge is 0.249 e. The van der Waals surface area contributed by atoms with E-state index < -0.39 is 0 Å². The van der Waals surface area contributed by atoms with Crippen molar-refractivity contribution in [2.45, 2.75) is 38.5 Å². The maximum atomic E-state index is 11.8. The number of aryl methyl sites for hydroxylation is 1. The summed E-state index contributed by atoms with van der Waals surface area (Å²) in [4.78, 5) is 16.1. The van der Waals surface area contributed by atoms with Crippen LogP contribution in [-0.2, 0) is 16.1 Å². The van der Waals surface area contributed by atoms with Crippen LogP contribution in [0.2, 0.25) is 0 Å². The van der Waals surface area contributed by atoms with E-state index in [1.807, 2.05) is 12.3 Å². The molecule has 1 amide bonds. The van der Waals surface area contributed by atoms with Gasteiger partial charge in [0.05, 0.1) is 12.6 Å². The van der Waals surface area contributed by atoms with E-state index >= 15 is 0 Å². The number of nitrogens with two attached hydrogens (primary N) is 1. The maximum absolute atomic E-state index is 11.8. The minimum atomic E-state index is -0.343. The van der Waals surface area contributed by atoms with Crippen molar-refractivity contribution in [1.29, 1.82) is 0 Å². The molecule has 0 spiro atoms. The van der Waals surface area contributed by atoms with Crippen LogP contribution in [0.15, 0.2) is 5.38 Å². The Morgan fingerprint density at radius 3 is 2.84 bits per heavy atom. The highest BCUT2D eigenvalue weighted by atomic mass is 35.5. The van der Waals surface area contributed by atoms with Gasteiger partial charge in [0.25, 0.3) is 0 Å². The normalized spacial score (nSPS) is 21.4. The van der Waals surface area contributed by atoms with Crippen LogP contribution in [0.5, 0.6) is 0 Å². The summed E-state index contributed by atoms with van der Waals surface area (Å²) in [5, 5.41) is 5.73. The average molecular weight is 328 g/mol. The maximum Gasteiger partial charge on any atom is 0.249 e. The molecule has 0 bridgehead atoms. The highest BCUT2D eigenvalue weighted by molar-refractivity contribution is 7.09. The van der Waals surface area contributed by atoms with Gasteiger partial charge in [0.2, 0.25) is 5.91 Å². The Balaban J connectivity index is 0.00000162. The number of carbonyl (C=O) groups excluding carboxylic acids is 1. The third kappa shape index (κ3) is 5.24. The molecule has 0 aromatic carbocycles. The SMILES string of the molecule is Cc1csc(CNC(=O)[C@@H]2CC[C@H](CN)O2)n1.Cl.Cl. The zero-order valence-corrected chi connectivity index (χ0v) is 13.1. The topological polar surface area (TPSA) is 77.2 Å². The number of ether oxygens (including phenoxy) is 1. The summed E-state index contributed by atoms with van der Waals surface area (Å²) >= 11 is 1.55. The molecule has 1 fully saturated rings. The molecule has 110 valence electrons. The van der Waals surface area contributed by atoms with Gasteiger partial charge in [-0.1, -0.05) is 0 Å². The van der Waals surface area contributed by atoms with Gasteiger partial charge in [-0.3, -0.25) is 4.79 Å². The number of halogens is 2. The molecule has 1 aliphatic rings. The molecule has 1 aromatic rings. The van der Waals surface area contributed by atoms with Crippen LogP contribution < -0.4 is 11.1 Å². The first-order valence-electron chi connectivity index (χ1n) is 5.73. The third-order valence-electron chi connectivity index (χ3n) is 2.74. The van der Waals surface area contributed by atoms with Crippen LogP contribution in [0.1, 0.15) is 23.5 Å². The number of thiazole rings is 1. The lowest BCUT2D eigenvalue weighted by Crippen LogP contribution is -2.35. The molecule has 2 rings (SSSR count). The number of hydrogen-bond acceptors (Lipinski definition) is 5. The largest absolute Gasteiger partial charge is 0.364 e. The molecule has 1 aromatic heterocycles. The van der Waals surface area contributed by atoms with Crippen LogP contribution in [0, 0.1) is 6.92 Å². The van der Waals surface area contributed by atoms with Crippen LogP contribution in [-0.4, -0.2) is 29.6 Å². The van der Waals surface area contributed by atoms with Crippen molar-refractivity contribution < 1.29 is 9.53 Å². The van der Waals surface area contributed by atoms with Crippen molar-refractivity contribution in [3.05, 3.63) is 16.1 Å². The molecule has 8 heteroatoms. The molecule has 0 radical (unpaired) electrons. The third-order valence-corrected chi connectivity index (χ3v) is 3.71. The van der Waals surface area contributed by atoms with Crippen LogP contribution in [0.4, 0.5) is 0 Å². The molecule has 0 unspecified atom stereocenters. The van der Waals surface area contributed by atoms with Gasteiger partial charge in [-0.25, -0.2) is 4.98 Å². The fraction of sp³-hybridized carbons (Fsp3) is 0.636. The number of carbonyl (C=O) groups is 1. The highest BCUT2D eigenvalue weighted by Crippen LogP contribution is 2.19. The first-order valence-corrected chi connectivity index (χ1v) is 6.61. The lowest BCUT2D eigenvalue weighted by Gasteiger charge is -2.11. The lowest BCUT2D eigenvalue weighted by atomic mass is 10.2. The van der Waals surface area contributed by atoms with Crippen LogP contribution in [0.25, 0.3) is 0 Å². The van der Waals surface area contributed by atoms with Gasteiger partial charge in [-0.05, 0) is 19.8 Å². The summed E-state index contributed by atoms with van der Waals surface area (Å²) in [5.41, 5.74) is 6.48. The highest BCUT2D eigenvalue weighted by Gasteiger charge is 2.29. The summed E-state index contributed by atoms with van der Waals surface area (Å²) in [5.74, 6) is -0.0613. The zero-order chi connectivity index (χ0) is 12.3. The van der Waals surface area contributed by atoms with Crippen LogP contribution >= 0.6 is 36.2 Å². The standard InChI is InChI=1S/C11H17N3O2S.2ClH/c1-7-6-17-10(14-7)5-13-11(15)9-3-2-8(4-12)16-9;;/h6,8-9H,2-5,12H2,1H3,(H,13,15);2*1H/t8-,9+;;/m1../s1. The van der Waals surface area contributed by atoms with E-state index in [4.69, 9.17) is 10.5 Å². The molecule has 19 heavy (non-hydrogen) atoms. The summed E-state index contributed by atoms with van der Waals surface area (Å²) in [6.45, 7) is 2.90. The number of aromatic nitrogens is 1. The van der Waals surface area contributed by atoms with E-state index in [0.717, 1.165) is 23.5 Å². The number of nitrogens with one attached hydrogen (secondary N) is 1. The zero-order valence-electron chi connectivity index (χ0n) is 10.6. The summed E-state index contributed by atoms with van der Waals surface area (Å²) in [6, 6.07) is 0. The van der Waals surface area contributed by atoms with Gasteiger partial charge in [0, 0.05) is 17.6 Å². The minimum absolute atomic E-state index is 0. The van der Waals surface area contributed by atoms with E-state index in [9.17, 15) is 4.79 Å². The number of amides is 1. The molecule has 2 heterocycles. The quantitative estimate of drug-likeness (QED) is 0.876. The van der Waals surface area contributed by atoms with Crippen molar-refractivity contribution >= 4 is 42.1 Å². The Kier molecular flexibility index (Phi) is 8.52. The Labute approximate surface area is 129 Å². The second-order valence-electron chi connectivity index (χ2n) is 4.16. The Hall–Kier alpha value is -0.400. The number of hydrogen-bond donors (Lipinski definition) is 2. The van der Waals surface area contributed by atoms with E-state index in [-0.39, 0.29) is 42.9 Å². The predicted octanol–water partition coefficient (Wildman–Crippen LogP) is 1.42. The van der Waals surface area contributed by atoms with Gasteiger partial charge in [-0.15, -0.1) is 36.2 Å². The summed E-state index contributed by atoms with van der Waals surface area (Å²) in [6.07, 6.45) is 1.31. The first-order chi connectivity index (χ1) is 8.19. The minimum Gasteiger partial charge on any atom is -0.364 e. The van der Waals surface area contributed by atoms with E-state index in [1.165, 1.54) is 0 Å². The Bertz CT molecular complexity index is 403. The van der Waals surface area contributed by atoms with Gasteiger partial charge < -0.3 is 15.8 Å². The van der Waals surface area contributed by atoms with Crippen molar-refractivity contribution in [1.82, 2.24) is 10.3 Å². The molecule has 2 atom stereocenters. The first kappa shape index (κ1) is 18.6. The molecule has 1 aliphatic heterocycles. The van der Waals surface area contributed by atoms with E-state index in [1.54, 1.807) is 11.3 Å². The molecule has 0 saturated carbocycles. The summed E-state index contributed by atoms with van der Waals surface area (Å²) in [7, 11) is 0. The van der Waals surface area contributed by atoms with Crippen molar-refractivity contribution in [2.24, 2.45) is 5.73 Å². The Morgan fingerprint density at radius 2 is 2.32 bits per heavy atom. The monoisotopic (exact) mass is 327 g/mol. The molecule has 1 saturated heterocycles. The lowest BCUT2D eigenvalue weighted by molar-refractivity contribution is -0.132. The van der Waals surface area contributed by atoms with Gasteiger partial charge in [0.1, 0.15) is 11.1 Å². The van der Waals surface area contributed by atoms with Crippen LogP contribution in [0.3, 0.4) is 0 Å². The fourth-order valence-electron chi connectivity index (χ4n) is 1.83.